The number of halogens is 1. The molecule has 1 aromatic carbocycles. The van der Waals surface area contributed by atoms with E-state index in [1.165, 1.54) is 11.1 Å². The van der Waals surface area contributed by atoms with E-state index >= 15 is 0 Å². The summed E-state index contributed by atoms with van der Waals surface area (Å²) in [7, 11) is 0. The Hall–Kier alpha value is -2.04. The van der Waals surface area contributed by atoms with Crippen molar-refractivity contribution in [2.45, 2.75) is 30.6 Å². The number of aliphatic hydroxyl groups excluding tert-OH is 3. The maximum Gasteiger partial charge on any atom is 0.244 e. The first kappa shape index (κ1) is 18.7. The quantitative estimate of drug-likeness (QED) is 0.418. The molecule has 0 saturated carbocycles. The normalized spacial score (nSPS) is 29.8. The zero-order valence-electron chi connectivity index (χ0n) is 13.8. The van der Waals surface area contributed by atoms with Crippen molar-refractivity contribution in [1.82, 2.24) is 9.80 Å². The van der Waals surface area contributed by atoms with Gasteiger partial charge in [0.2, 0.25) is 5.91 Å². The summed E-state index contributed by atoms with van der Waals surface area (Å²) in [6.07, 6.45) is -2.87. The lowest BCUT2D eigenvalue weighted by Crippen LogP contribution is -2.46. The molecule has 1 fully saturated rings. The van der Waals surface area contributed by atoms with Gasteiger partial charge in [0.05, 0.1) is 13.3 Å². The molecule has 2 aliphatic rings. The molecule has 3 rings (SSSR count). The van der Waals surface area contributed by atoms with E-state index in [9.17, 15) is 20.1 Å². The molecule has 0 aliphatic carbocycles. The molecule has 9 nitrogen and oxygen atoms in total. The standard InChI is InChI=1S/C16H21ClN4O5/c17-9-3-1-2-8(4-9)12(15(19)25)20-5-11(18)21(7-20)16-14(24)13(23)10(6-22)26-16/h1-5,10,12-14,16,22-24H,6-7,18H2,(H2,19,25)/t10-,12?,13-,14-,16-/m1/s1. The van der Waals surface area contributed by atoms with Gasteiger partial charge in [0.15, 0.2) is 6.23 Å². The van der Waals surface area contributed by atoms with Crippen LogP contribution in [0.25, 0.3) is 0 Å². The maximum atomic E-state index is 12.0. The number of nitrogens with two attached hydrogens (primary N) is 2. The number of primary amides is 1. The Kier molecular flexibility index (Phi) is 5.26. The first-order valence-corrected chi connectivity index (χ1v) is 8.38. The Morgan fingerprint density at radius 2 is 2.12 bits per heavy atom. The second-order valence-corrected chi connectivity index (χ2v) is 6.70. The van der Waals surface area contributed by atoms with Gasteiger partial charge in [0.25, 0.3) is 0 Å². The molecular weight excluding hydrogens is 364 g/mol. The van der Waals surface area contributed by atoms with Crippen LogP contribution in [0.3, 0.4) is 0 Å². The van der Waals surface area contributed by atoms with Crippen LogP contribution < -0.4 is 11.5 Å². The molecule has 1 amide bonds. The third-order valence-electron chi connectivity index (χ3n) is 4.54. The van der Waals surface area contributed by atoms with Crippen LogP contribution in [-0.4, -0.2) is 68.8 Å². The average Bonchev–Trinajstić information content (AvgIpc) is 3.08. The van der Waals surface area contributed by atoms with Crippen LogP contribution >= 0.6 is 11.6 Å². The largest absolute Gasteiger partial charge is 0.394 e. The Labute approximate surface area is 155 Å². The summed E-state index contributed by atoms with van der Waals surface area (Å²) in [5.41, 5.74) is 12.2. The van der Waals surface area contributed by atoms with Crippen LogP contribution in [0.5, 0.6) is 0 Å². The van der Waals surface area contributed by atoms with Crippen molar-refractivity contribution < 1.29 is 24.9 Å². The first-order chi connectivity index (χ1) is 12.3. The predicted molar refractivity (Wildman–Crippen MR) is 92.0 cm³/mol. The predicted octanol–water partition coefficient (Wildman–Crippen LogP) is -1.36. The Bertz CT molecular complexity index is 718. The lowest BCUT2D eigenvalue weighted by Gasteiger charge is -2.32. The molecule has 1 aromatic rings. The number of carbonyl (C=O) groups excluding carboxylic acids is 1. The zero-order chi connectivity index (χ0) is 19.0. The number of aliphatic hydroxyl groups is 3. The Balaban J connectivity index is 1.82. The van der Waals surface area contributed by atoms with Crippen LogP contribution in [0.4, 0.5) is 0 Å². The van der Waals surface area contributed by atoms with Gasteiger partial charge in [0.1, 0.15) is 30.2 Å². The highest BCUT2D eigenvalue weighted by molar-refractivity contribution is 6.30. The smallest absolute Gasteiger partial charge is 0.244 e. The van der Waals surface area contributed by atoms with Crippen molar-refractivity contribution in [2.75, 3.05) is 13.3 Å². The van der Waals surface area contributed by atoms with E-state index in [4.69, 9.17) is 27.8 Å². The minimum atomic E-state index is -1.27. The van der Waals surface area contributed by atoms with Crippen molar-refractivity contribution in [2.24, 2.45) is 11.5 Å². The molecule has 7 N–H and O–H groups in total. The molecule has 142 valence electrons. The molecule has 1 saturated heterocycles. The number of hydrogen-bond donors (Lipinski definition) is 5. The van der Waals surface area contributed by atoms with Crippen LogP contribution in [-0.2, 0) is 9.53 Å². The van der Waals surface area contributed by atoms with Gasteiger partial charge in [-0.2, -0.15) is 0 Å². The Morgan fingerprint density at radius 1 is 1.38 bits per heavy atom. The van der Waals surface area contributed by atoms with Gasteiger partial charge in [-0.3, -0.25) is 4.79 Å². The van der Waals surface area contributed by atoms with Gasteiger partial charge in [0, 0.05) is 11.2 Å². The molecule has 26 heavy (non-hydrogen) atoms. The van der Waals surface area contributed by atoms with Crippen molar-refractivity contribution in [3.63, 3.8) is 0 Å². The third-order valence-corrected chi connectivity index (χ3v) is 4.77. The molecule has 5 atom stereocenters. The topological polar surface area (TPSA) is 146 Å². The minimum absolute atomic E-state index is 0.0958. The lowest BCUT2D eigenvalue weighted by atomic mass is 10.1. The summed E-state index contributed by atoms with van der Waals surface area (Å²) < 4.78 is 5.49. The molecule has 2 aliphatic heterocycles. The van der Waals surface area contributed by atoms with Crippen LogP contribution in [0, 0.1) is 0 Å². The van der Waals surface area contributed by atoms with E-state index < -0.39 is 43.1 Å². The number of ether oxygens (including phenoxy) is 1. The van der Waals surface area contributed by atoms with Gasteiger partial charge in [-0.1, -0.05) is 23.7 Å². The summed E-state index contributed by atoms with van der Waals surface area (Å²) in [5, 5.41) is 29.8. The minimum Gasteiger partial charge on any atom is -0.394 e. The summed E-state index contributed by atoms with van der Waals surface area (Å²) in [5.74, 6) is -0.368. The molecular formula is C16H21ClN4O5. The number of nitrogens with zero attached hydrogens (tertiary/aromatic N) is 2. The summed E-state index contributed by atoms with van der Waals surface area (Å²) in [6, 6.07) is 5.93. The molecule has 0 spiro atoms. The lowest BCUT2D eigenvalue weighted by molar-refractivity contribution is -0.124. The monoisotopic (exact) mass is 384 g/mol. The van der Waals surface area contributed by atoms with E-state index in [0.717, 1.165) is 0 Å². The molecule has 2 heterocycles. The van der Waals surface area contributed by atoms with Crippen molar-refractivity contribution >= 4 is 17.5 Å². The van der Waals surface area contributed by atoms with Crippen LogP contribution in [0.1, 0.15) is 11.6 Å². The summed E-state index contributed by atoms with van der Waals surface area (Å²) in [6.45, 7) is -0.346. The fourth-order valence-corrected chi connectivity index (χ4v) is 3.46. The van der Waals surface area contributed by atoms with Gasteiger partial charge in [-0.25, -0.2) is 0 Å². The van der Waals surface area contributed by atoms with Crippen LogP contribution in [0.2, 0.25) is 5.02 Å². The van der Waals surface area contributed by atoms with E-state index in [2.05, 4.69) is 0 Å². The highest BCUT2D eigenvalue weighted by Gasteiger charge is 2.47. The summed E-state index contributed by atoms with van der Waals surface area (Å²) >= 11 is 6.00. The molecule has 0 bridgehead atoms. The first-order valence-electron chi connectivity index (χ1n) is 8.00. The molecule has 1 unspecified atom stereocenters. The highest BCUT2D eigenvalue weighted by Crippen LogP contribution is 2.32. The SMILES string of the molecule is NC(=O)C(c1cccc(Cl)c1)N1C=C(N)N([C@@H]2O[C@H](CO)[C@@H](O)[C@H]2O)C1. The summed E-state index contributed by atoms with van der Waals surface area (Å²) in [4.78, 5) is 15.1. The highest BCUT2D eigenvalue weighted by atomic mass is 35.5. The van der Waals surface area contributed by atoms with E-state index in [1.807, 2.05) is 0 Å². The second-order valence-electron chi connectivity index (χ2n) is 6.27. The number of amides is 1. The zero-order valence-corrected chi connectivity index (χ0v) is 14.5. The maximum absolute atomic E-state index is 12.0. The van der Waals surface area contributed by atoms with Gasteiger partial charge >= 0.3 is 0 Å². The number of rotatable bonds is 5. The van der Waals surface area contributed by atoms with E-state index in [-0.39, 0.29) is 12.5 Å². The second kappa shape index (κ2) is 7.29. The van der Waals surface area contributed by atoms with Gasteiger partial charge in [-0.05, 0) is 17.7 Å². The third kappa shape index (κ3) is 3.31. The fourth-order valence-electron chi connectivity index (χ4n) is 3.26. The molecule has 0 aromatic heterocycles. The van der Waals surface area contributed by atoms with Gasteiger partial charge < -0.3 is 41.3 Å². The number of benzene rings is 1. The van der Waals surface area contributed by atoms with Crippen molar-refractivity contribution in [1.29, 1.82) is 0 Å². The van der Waals surface area contributed by atoms with E-state index in [0.29, 0.717) is 10.6 Å². The van der Waals surface area contributed by atoms with Crippen molar-refractivity contribution in [3.05, 3.63) is 46.9 Å². The van der Waals surface area contributed by atoms with Crippen LogP contribution in [0.15, 0.2) is 36.3 Å². The molecule has 10 heteroatoms. The number of carbonyl (C=O) groups is 1. The van der Waals surface area contributed by atoms with E-state index in [1.54, 1.807) is 29.2 Å². The van der Waals surface area contributed by atoms with Crippen molar-refractivity contribution in [3.8, 4) is 0 Å². The fraction of sp³-hybridized carbons (Fsp3) is 0.438. The average molecular weight is 385 g/mol. The van der Waals surface area contributed by atoms with Gasteiger partial charge in [-0.15, -0.1) is 0 Å². The number of hydrogen-bond acceptors (Lipinski definition) is 8. The molecule has 0 radical (unpaired) electrons. The Morgan fingerprint density at radius 3 is 2.69 bits per heavy atom.